The van der Waals surface area contributed by atoms with Gasteiger partial charge in [0.1, 0.15) is 0 Å². The number of nitrogens with two attached hydrogens (primary N) is 1. The average Bonchev–Trinajstić information content (AvgIpc) is 2.33. The van der Waals surface area contributed by atoms with E-state index in [0.717, 1.165) is 12.0 Å². The molecular weight excluding hydrogens is 271 g/mol. The van der Waals surface area contributed by atoms with Gasteiger partial charge in [-0.15, -0.1) is 0 Å². The summed E-state index contributed by atoms with van der Waals surface area (Å²) in [7, 11) is 0. The highest BCUT2D eigenvalue weighted by molar-refractivity contribution is 6.42. The van der Waals surface area contributed by atoms with Gasteiger partial charge in [-0.05, 0) is 17.5 Å². The zero-order valence-corrected chi connectivity index (χ0v) is 12.1. The lowest BCUT2D eigenvalue weighted by atomic mass is 9.98. The number of nitrogens with one attached hydrogen (secondary N) is 1. The third-order valence-corrected chi connectivity index (χ3v) is 3.92. The molecule has 0 fully saturated rings. The molecule has 1 aromatic rings. The summed E-state index contributed by atoms with van der Waals surface area (Å²) in [5, 5.41) is 4.16. The van der Waals surface area contributed by atoms with Crippen molar-refractivity contribution < 1.29 is 4.79 Å². The van der Waals surface area contributed by atoms with Crippen LogP contribution in [-0.4, -0.2) is 11.9 Å². The lowest BCUT2D eigenvalue weighted by Gasteiger charge is -2.21. The summed E-state index contributed by atoms with van der Waals surface area (Å²) in [6.45, 7) is 4.48. The zero-order valence-electron chi connectivity index (χ0n) is 10.5. The highest BCUT2D eigenvalue weighted by Crippen LogP contribution is 2.25. The Morgan fingerprint density at radius 3 is 2.67 bits per heavy atom. The van der Waals surface area contributed by atoms with Gasteiger partial charge in [0.25, 0.3) is 0 Å². The zero-order chi connectivity index (χ0) is 13.7. The highest BCUT2D eigenvalue weighted by atomic mass is 35.5. The number of primary amides is 1. The van der Waals surface area contributed by atoms with Gasteiger partial charge in [-0.25, -0.2) is 0 Å². The van der Waals surface area contributed by atoms with Gasteiger partial charge < -0.3 is 11.1 Å². The Hall–Kier alpha value is -0.770. The molecule has 0 radical (unpaired) electrons. The van der Waals surface area contributed by atoms with Gasteiger partial charge in [0, 0.05) is 6.54 Å². The molecular formula is C13H18Cl2N2O. The lowest BCUT2D eigenvalue weighted by molar-refractivity contribution is -0.121. The largest absolute Gasteiger partial charge is 0.368 e. The van der Waals surface area contributed by atoms with E-state index in [1.807, 2.05) is 26.0 Å². The molecule has 0 aliphatic rings. The van der Waals surface area contributed by atoms with Crippen molar-refractivity contribution in [1.82, 2.24) is 5.32 Å². The molecule has 0 unspecified atom stereocenters. The molecule has 1 amide bonds. The smallest absolute Gasteiger partial charge is 0.234 e. The first kappa shape index (κ1) is 15.3. The molecule has 0 saturated heterocycles. The summed E-state index contributed by atoms with van der Waals surface area (Å²) >= 11 is 12.0. The molecule has 0 bridgehead atoms. The standard InChI is InChI=1S/C13H18Cl2N2O/c1-3-8(2)12(13(16)18)17-7-9-5-4-6-10(14)11(9)15/h4-6,8,12,17H,3,7H2,1-2H3,(H2,16,18)/t8-,12-/m0/s1. The molecule has 5 heteroatoms. The molecule has 1 rings (SSSR count). The van der Waals surface area contributed by atoms with E-state index in [9.17, 15) is 4.79 Å². The number of hydrogen-bond donors (Lipinski definition) is 2. The third-order valence-electron chi connectivity index (χ3n) is 3.06. The van der Waals surface area contributed by atoms with E-state index in [1.165, 1.54) is 0 Å². The summed E-state index contributed by atoms with van der Waals surface area (Å²) in [5.41, 5.74) is 6.24. The highest BCUT2D eigenvalue weighted by Gasteiger charge is 2.21. The first-order valence-electron chi connectivity index (χ1n) is 5.93. The number of halogens is 2. The normalized spacial score (nSPS) is 14.2. The van der Waals surface area contributed by atoms with Crippen LogP contribution in [0.15, 0.2) is 18.2 Å². The molecule has 3 nitrogen and oxygen atoms in total. The lowest BCUT2D eigenvalue weighted by Crippen LogP contribution is -2.45. The maximum absolute atomic E-state index is 11.4. The van der Waals surface area contributed by atoms with E-state index in [0.29, 0.717) is 16.6 Å². The SMILES string of the molecule is CC[C@H](C)[C@H](NCc1cccc(Cl)c1Cl)C(N)=O. The summed E-state index contributed by atoms with van der Waals surface area (Å²) in [6.07, 6.45) is 0.879. The van der Waals surface area contributed by atoms with Crippen molar-refractivity contribution >= 4 is 29.1 Å². The number of amides is 1. The van der Waals surface area contributed by atoms with E-state index in [2.05, 4.69) is 5.32 Å². The van der Waals surface area contributed by atoms with Gasteiger partial charge >= 0.3 is 0 Å². The second-order valence-electron chi connectivity index (χ2n) is 4.36. The predicted molar refractivity (Wildman–Crippen MR) is 75.7 cm³/mol. The quantitative estimate of drug-likeness (QED) is 0.846. The number of hydrogen-bond acceptors (Lipinski definition) is 2. The van der Waals surface area contributed by atoms with Crippen molar-refractivity contribution in [2.75, 3.05) is 0 Å². The van der Waals surface area contributed by atoms with Gasteiger partial charge in [-0.3, -0.25) is 4.79 Å². The molecule has 3 N–H and O–H groups in total. The molecule has 0 spiro atoms. The maximum atomic E-state index is 11.4. The molecule has 0 heterocycles. The first-order chi connectivity index (χ1) is 8.47. The number of rotatable bonds is 6. The van der Waals surface area contributed by atoms with Crippen LogP contribution in [0.25, 0.3) is 0 Å². The van der Waals surface area contributed by atoms with Crippen LogP contribution in [0.5, 0.6) is 0 Å². The molecule has 0 aliphatic heterocycles. The molecule has 100 valence electrons. The number of carbonyl (C=O) groups is 1. The first-order valence-corrected chi connectivity index (χ1v) is 6.68. The Kier molecular flexibility index (Phi) is 5.93. The van der Waals surface area contributed by atoms with Gasteiger partial charge in [0.05, 0.1) is 16.1 Å². The van der Waals surface area contributed by atoms with Crippen molar-refractivity contribution in [3.05, 3.63) is 33.8 Å². The second-order valence-corrected chi connectivity index (χ2v) is 5.14. The second kappa shape index (κ2) is 6.98. The van der Waals surface area contributed by atoms with E-state index in [4.69, 9.17) is 28.9 Å². The van der Waals surface area contributed by atoms with Crippen molar-refractivity contribution in [1.29, 1.82) is 0 Å². The average molecular weight is 289 g/mol. The predicted octanol–water partition coefficient (Wildman–Crippen LogP) is 2.98. The molecule has 2 atom stereocenters. The van der Waals surface area contributed by atoms with Crippen LogP contribution in [0.3, 0.4) is 0 Å². The van der Waals surface area contributed by atoms with Gasteiger partial charge in [-0.2, -0.15) is 0 Å². The van der Waals surface area contributed by atoms with Crippen LogP contribution in [0.4, 0.5) is 0 Å². The fourth-order valence-electron chi connectivity index (χ4n) is 1.72. The molecule has 0 saturated carbocycles. The molecule has 18 heavy (non-hydrogen) atoms. The Bertz CT molecular complexity index is 423. The topological polar surface area (TPSA) is 55.1 Å². The Morgan fingerprint density at radius 1 is 1.44 bits per heavy atom. The van der Waals surface area contributed by atoms with Crippen LogP contribution in [0.1, 0.15) is 25.8 Å². The summed E-state index contributed by atoms with van der Waals surface area (Å²) < 4.78 is 0. The summed E-state index contributed by atoms with van der Waals surface area (Å²) in [5.74, 6) is -0.164. The molecule has 0 aliphatic carbocycles. The van der Waals surface area contributed by atoms with E-state index < -0.39 is 0 Å². The Morgan fingerprint density at radius 2 is 2.11 bits per heavy atom. The number of benzene rings is 1. The fourth-order valence-corrected chi connectivity index (χ4v) is 2.11. The minimum atomic E-state index is -0.356. The van der Waals surface area contributed by atoms with E-state index >= 15 is 0 Å². The molecule has 1 aromatic carbocycles. The third kappa shape index (κ3) is 3.87. The minimum absolute atomic E-state index is 0.181. The van der Waals surface area contributed by atoms with Crippen LogP contribution in [0, 0.1) is 5.92 Å². The Balaban J connectivity index is 2.73. The van der Waals surface area contributed by atoms with Crippen LogP contribution in [-0.2, 0) is 11.3 Å². The summed E-state index contributed by atoms with van der Waals surface area (Å²) in [6, 6.07) is 5.07. The van der Waals surface area contributed by atoms with E-state index in [1.54, 1.807) is 6.07 Å². The maximum Gasteiger partial charge on any atom is 0.234 e. The van der Waals surface area contributed by atoms with Gasteiger partial charge in [0.2, 0.25) is 5.91 Å². The van der Waals surface area contributed by atoms with Crippen molar-refractivity contribution in [3.63, 3.8) is 0 Å². The summed E-state index contributed by atoms with van der Waals surface area (Å²) in [4.78, 5) is 11.4. The van der Waals surface area contributed by atoms with Gasteiger partial charge in [0.15, 0.2) is 0 Å². The van der Waals surface area contributed by atoms with Crippen LogP contribution < -0.4 is 11.1 Å². The Labute approximate surface area is 118 Å². The number of carbonyl (C=O) groups excluding carboxylic acids is 1. The molecule has 0 aromatic heterocycles. The van der Waals surface area contributed by atoms with Crippen molar-refractivity contribution in [3.8, 4) is 0 Å². The van der Waals surface area contributed by atoms with E-state index in [-0.39, 0.29) is 17.9 Å². The fraction of sp³-hybridized carbons (Fsp3) is 0.462. The van der Waals surface area contributed by atoms with Crippen LogP contribution in [0.2, 0.25) is 10.0 Å². The van der Waals surface area contributed by atoms with Gasteiger partial charge in [-0.1, -0.05) is 55.6 Å². The van der Waals surface area contributed by atoms with Crippen LogP contribution >= 0.6 is 23.2 Å². The monoisotopic (exact) mass is 288 g/mol. The van der Waals surface area contributed by atoms with Crippen molar-refractivity contribution in [2.24, 2.45) is 11.7 Å². The minimum Gasteiger partial charge on any atom is -0.368 e. The van der Waals surface area contributed by atoms with Crippen molar-refractivity contribution in [2.45, 2.75) is 32.9 Å².